The highest BCUT2D eigenvalue weighted by Crippen LogP contribution is 2.29. The molecule has 0 saturated carbocycles. The Labute approximate surface area is 152 Å². The summed E-state index contributed by atoms with van der Waals surface area (Å²) in [5.74, 6) is 1.47. The molecule has 1 saturated heterocycles. The van der Waals surface area contributed by atoms with Gasteiger partial charge in [0.1, 0.15) is 5.82 Å². The summed E-state index contributed by atoms with van der Waals surface area (Å²) < 4.78 is 0. The van der Waals surface area contributed by atoms with Crippen molar-refractivity contribution in [3.8, 4) is 6.07 Å². The molecule has 0 unspecified atom stereocenters. The Morgan fingerprint density at radius 3 is 2.65 bits per heavy atom. The molecular weight excluding hydrogens is 324 g/mol. The van der Waals surface area contributed by atoms with E-state index in [1.54, 1.807) is 18.2 Å². The van der Waals surface area contributed by atoms with E-state index in [2.05, 4.69) is 27.3 Å². The summed E-state index contributed by atoms with van der Waals surface area (Å²) in [6.07, 6.45) is 3.63. The number of nitrogens with zero attached hydrogens (tertiary/aromatic N) is 4. The maximum absolute atomic E-state index is 9.14. The van der Waals surface area contributed by atoms with Crippen molar-refractivity contribution in [2.45, 2.75) is 19.3 Å². The number of para-hydroxylation sites is 1. The Morgan fingerprint density at radius 1 is 1.04 bits per heavy atom. The fourth-order valence-corrected chi connectivity index (χ4v) is 3.38. The van der Waals surface area contributed by atoms with Gasteiger partial charge in [-0.1, -0.05) is 12.1 Å². The van der Waals surface area contributed by atoms with Crippen molar-refractivity contribution in [1.29, 1.82) is 5.26 Å². The van der Waals surface area contributed by atoms with Gasteiger partial charge in [0.05, 0.1) is 17.1 Å². The van der Waals surface area contributed by atoms with Crippen LogP contribution in [0.5, 0.6) is 0 Å². The summed E-state index contributed by atoms with van der Waals surface area (Å²) in [5, 5.41) is 13.4. The van der Waals surface area contributed by atoms with Gasteiger partial charge in [0.25, 0.3) is 0 Å². The predicted octanol–water partition coefficient (Wildman–Crippen LogP) is 3.82. The lowest BCUT2D eigenvalue weighted by Crippen LogP contribution is -2.30. The van der Waals surface area contributed by atoms with Crippen molar-refractivity contribution in [3.63, 3.8) is 0 Å². The molecular formula is C20H20N6. The first kappa shape index (κ1) is 16.2. The highest BCUT2D eigenvalue weighted by atomic mass is 15.2. The highest BCUT2D eigenvalue weighted by Gasteiger charge is 2.17. The van der Waals surface area contributed by atoms with Crippen LogP contribution < -0.4 is 16.0 Å². The predicted molar refractivity (Wildman–Crippen MR) is 104 cm³/mol. The second-order valence-electron chi connectivity index (χ2n) is 6.52. The van der Waals surface area contributed by atoms with Gasteiger partial charge in [-0.2, -0.15) is 10.2 Å². The average molecular weight is 344 g/mol. The second-order valence-corrected chi connectivity index (χ2v) is 6.52. The fraction of sp³-hybridized carbons (Fsp3) is 0.250. The molecule has 0 aliphatic carbocycles. The Balaban J connectivity index is 1.76. The van der Waals surface area contributed by atoms with Gasteiger partial charge >= 0.3 is 0 Å². The van der Waals surface area contributed by atoms with Crippen LogP contribution in [0.3, 0.4) is 0 Å². The first-order valence-electron chi connectivity index (χ1n) is 8.82. The molecule has 3 N–H and O–H groups in total. The number of benzene rings is 2. The Morgan fingerprint density at radius 2 is 1.85 bits per heavy atom. The standard InChI is InChI=1S/C20H20N6/c21-13-14-10-15(22)12-16(11-14)23-20-24-18-7-3-2-6-17(18)19(25-20)26-8-4-1-5-9-26/h2-3,6-7,10-12H,1,4-5,8-9,22H2,(H,23,24,25). The normalized spacial score (nSPS) is 14.2. The molecule has 0 bridgehead atoms. The summed E-state index contributed by atoms with van der Waals surface area (Å²) in [6.45, 7) is 2.02. The largest absolute Gasteiger partial charge is 0.399 e. The Kier molecular flexibility index (Phi) is 4.28. The van der Waals surface area contributed by atoms with Crippen LogP contribution in [-0.4, -0.2) is 23.1 Å². The number of anilines is 4. The van der Waals surface area contributed by atoms with E-state index < -0.39 is 0 Å². The minimum Gasteiger partial charge on any atom is -0.399 e. The van der Waals surface area contributed by atoms with E-state index in [0.717, 1.165) is 29.8 Å². The Hall–Kier alpha value is -3.33. The molecule has 6 heteroatoms. The lowest BCUT2D eigenvalue weighted by atomic mass is 10.1. The third-order valence-corrected chi connectivity index (χ3v) is 4.58. The molecule has 3 aromatic rings. The van der Waals surface area contributed by atoms with E-state index in [9.17, 15) is 0 Å². The first-order valence-corrected chi connectivity index (χ1v) is 8.82. The zero-order valence-electron chi connectivity index (χ0n) is 14.4. The van der Waals surface area contributed by atoms with Gasteiger partial charge in [0.15, 0.2) is 0 Å². The minimum atomic E-state index is 0.504. The van der Waals surface area contributed by atoms with Crippen molar-refractivity contribution in [2.75, 3.05) is 29.0 Å². The number of rotatable bonds is 3. The maximum atomic E-state index is 9.14. The number of aromatic nitrogens is 2. The van der Waals surface area contributed by atoms with Crippen molar-refractivity contribution in [2.24, 2.45) is 0 Å². The smallest absolute Gasteiger partial charge is 0.229 e. The van der Waals surface area contributed by atoms with Gasteiger partial charge in [0.2, 0.25) is 5.95 Å². The number of piperidine rings is 1. The number of nitrogen functional groups attached to an aromatic ring is 1. The van der Waals surface area contributed by atoms with Gasteiger partial charge in [-0.05, 0) is 49.6 Å². The van der Waals surface area contributed by atoms with E-state index in [-0.39, 0.29) is 0 Å². The molecule has 1 aliphatic rings. The summed E-state index contributed by atoms with van der Waals surface area (Å²) in [5.41, 5.74) is 8.53. The van der Waals surface area contributed by atoms with Crippen LogP contribution >= 0.6 is 0 Å². The van der Waals surface area contributed by atoms with Crippen LogP contribution in [-0.2, 0) is 0 Å². The molecule has 1 fully saturated rings. The topological polar surface area (TPSA) is 90.9 Å². The second kappa shape index (κ2) is 6.89. The molecule has 0 radical (unpaired) electrons. The number of hydrogen-bond acceptors (Lipinski definition) is 6. The zero-order chi connectivity index (χ0) is 17.9. The van der Waals surface area contributed by atoms with Crippen molar-refractivity contribution >= 4 is 34.0 Å². The fourth-order valence-electron chi connectivity index (χ4n) is 3.38. The van der Waals surface area contributed by atoms with Crippen molar-refractivity contribution < 1.29 is 0 Å². The highest BCUT2D eigenvalue weighted by molar-refractivity contribution is 5.90. The molecule has 6 nitrogen and oxygen atoms in total. The van der Waals surface area contributed by atoms with Crippen molar-refractivity contribution in [1.82, 2.24) is 9.97 Å². The van der Waals surface area contributed by atoms with E-state index in [0.29, 0.717) is 22.9 Å². The van der Waals surface area contributed by atoms with Crippen LogP contribution in [0.1, 0.15) is 24.8 Å². The SMILES string of the molecule is N#Cc1cc(N)cc(Nc2nc(N3CCCCC3)c3ccccc3n2)c1. The first-order chi connectivity index (χ1) is 12.7. The van der Waals surface area contributed by atoms with Gasteiger partial charge < -0.3 is 16.0 Å². The molecule has 1 aromatic heterocycles. The third-order valence-electron chi connectivity index (χ3n) is 4.58. The van der Waals surface area contributed by atoms with Gasteiger partial charge in [-0.25, -0.2) is 4.98 Å². The molecule has 1 aliphatic heterocycles. The number of fused-ring (bicyclic) bond motifs is 1. The van der Waals surface area contributed by atoms with E-state index in [4.69, 9.17) is 16.0 Å². The third kappa shape index (κ3) is 3.24. The van der Waals surface area contributed by atoms with Crippen LogP contribution in [0, 0.1) is 11.3 Å². The zero-order valence-corrected chi connectivity index (χ0v) is 14.4. The number of nitriles is 1. The van der Waals surface area contributed by atoms with Crippen LogP contribution in [0.2, 0.25) is 0 Å². The van der Waals surface area contributed by atoms with Gasteiger partial charge in [0, 0.05) is 29.9 Å². The van der Waals surface area contributed by atoms with Crippen LogP contribution in [0.15, 0.2) is 42.5 Å². The summed E-state index contributed by atoms with van der Waals surface area (Å²) >= 11 is 0. The van der Waals surface area contributed by atoms with Crippen LogP contribution in [0.25, 0.3) is 10.9 Å². The molecule has 130 valence electrons. The average Bonchev–Trinajstić information content (AvgIpc) is 2.67. The van der Waals surface area contributed by atoms with Crippen LogP contribution in [0.4, 0.5) is 23.1 Å². The number of hydrogen-bond donors (Lipinski definition) is 2. The minimum absolute atomic E-state index is 0.504. The number of nitrogens with two attached hydrogens (primary N) is 1. The Bertz CT molecular complexity index is 985. The molecule has 0 amide bonds. The molecule has 26 heavy (non-hydrogen) atoms. The molecule has 0 spiro atoms. The molecule has 2 heterocycles. The number of nitrogens with one attached hydrogen (secondary N) is 1. The van der Waals surface area contributed by atoms with E-state index in [1.807, 2.05) is 18.2 Å². The molecule has 2 aromatic carbocycles. The lowest BCUT2D eigenvalue weighted by molar-refractivity contribution is 0.575. The molecule has 4 rings (SSSR count). The quantitative estimate of drug-likeness (QED) is 0.702. The van der Waals surface area contributed by atoms with Gasteiger partial charge in [-0.3, -0.25) is 0 Å². The summed E-state index contributed by atoms with van der Waals surface area (Å²) in [4.78, 5) is 11.8. The van der Waals surface area contributed by atoms with E-state index >= 15 is 0 Å². The van der Waals surface area contributed by atoms with E-state index in [1.165, 1.54) is 19.3 Å². The summed E-state index contributed by atoms with van der Waals surface area (Å²) in [7, 11) is 0. The monoisotopic (exact) mass is 344 g/mol. The summed E-state index contributed by atoms with van der Waals surface area (Å²) in [6, 6.07) is 15.3. The van der Waals surface area contributed by atoms with Gasteiger partial charge in [-0.15, -0.1) is 0 Å². The molecule has 0 atom stereocenters. The maximum Gasteiger partial charge on any atom is 0.229 e. The van der Waals surface area contributed by atoms with Crippen molar-refractivity contribution in [3.05, 3.63) is 48.0 Å². The lowest BCUT2D eigenvalue weighted by Gasteiger charge is -2.29.